The lowest BCUT2D eigenvalue weighted by atomic mass is 9.32. The van der Waals surface area contributed by atoms with Gasteiger partial charge in [0.15, 0.2) is 0 Å². The molecule has 5 aliphatic carbocycles. The van der Waals surface area contributed by atoms with Gasteiger partial charge >= 0.3 is 5.97 Å². The first-order valence-electron chi connectivity index (χ1n) is 19.6. The summed E-state index contributed by atoms with van der Waals surface area (Å²) in [7, 11) is 0. The fourth-order valence-electron chi connectivity index (χ4n) is 13.5. The fourth-order valence-corrected chi connectivity index (χ4v) is 13.5. The number of fused-ring (bicyclic) bond motifs is 7. The van der Waals surface area contributed by atoms with Crippen molar-refractivity contribution in [1.29, 1.82) is 0 Å². The summed E-state index contributed by atoms with van der Waals surface area (Å²) in [4.78, 5) is 25.0. The zero-order valence-electron chi connectivity index (χ0n) is 30.8. The molecular weight excluding hydrogens is 586 g/mol. The average Bonchev–Trinajstić information content (AvgIpc) is 3.40. The monoisotopic (exact) mass is 656 g/mol. The van der Waals surface area contributed by atoms with Crippen LogP contribution < -0.4 is 5.32 Å². The van der Waals surface area contributed by atoms with Crippen molar-refractivity contribution in [2.45, 2.75) is 169 Å². The van der Waals surface area contributed by atoms with Crippen LogP contribution in [0, 0.1) is 56.7 Å². The lowest BCUT2D eigenvalue weighted by Gasteiger charge is -2.73. The zero-order chi connectivity index (χ0) is 34.4. The highest BCUT2D eigenvalue weighted by molar-refractivity contribution is 5.83. The molecule has 268 valence electrons. The second-order valence-corrected chi connectivity index (χ2v) is 18.6. The van der Waals surface area contributed by atoms with E-state index in [-0.39, 0.29) is 33.5 Å². The molecule has 5 fully saturated rings. The van der Waals surface area contributed by atoms with Crippen molar-refractivity contribution >= 4 is 11.9 Å². The molecule has 5 saturated carbocycles. The Morgan fingerprint density at radius 1 is 0.766 bits per heavy atom. The molecule has 11 atom stereocenters. The third kappa shape index (κ3) is 6.16. The van der Waals surface area contributed by atoms with Crippen molar-refractivity contribution in [3.8, 4) is 0 Å². The van der Waals surface area contributed by atoms with Gasteiger partial charge in [0.1, 0.15) is 0 Å². The highest BCUT2D eigenvalue weighted by atomic mass is 16.4. The van der Waals surface area contributed by atoms with E-state index in [1.54, 1.807) is 0 Å². The van der Waals surface area contributed by atoms with E-state index < -0.39 is 18.2 Å². The maximum Gasteiger partial charge on any atom is 0.303 e. The van der Waals surface area contributed by atoms with Crippen LogP contribution in [0.1, 0.15) is 157 Å². The van der Waals surface area contributed by atoms with Crippen LogP contribution in [-0.4, -0.2) is 45.9 Å². The SMILES string of the molecule is C=C(C)[C@@H]1CC[C@]2(C(=O)NCCCCCCCCCCC(=O)O)CC[C@]3(C)[C@H](CC[C@@H]4[C@@]5(C)CC(O)C(O)C(C)(C)[C@@H]5CC[C@]43C)[C@@H]12. The fraction of sp³-hybridized carbons (Fsp3) is 0.902. The van der Waals surface area contributed by atoms with Crippen molar-refractivity contribution in [2.75, 3.05) is 6.54 Å². The summed E-state index contributed by atoms with van der Waals surface area (Å²) in [6.45, 7) is 19.5. The smallest absolute Gasteiger partial charge is 0.303 e. The molecule has 0 aromatic heterocycles. The minimum atomic E-state index is -0.696. The molecule has 0 heterocycles. The number of rotatable bonds is 13. The molecule has 0 aliphatic heterocycles. The van der Waals surface area contributed by atoms with Crippen LogP contribution in [0.4, 0.5) is 0 Å². The van der Waals surface area contributed by atoms with Crippen LogP contribution >= 0.6 is 0 Å². The highest BCUT2D eigenvalue weighted by Gasteiger charge is 2.72. The number of carbonyl (C=O) groups is 2. The van der Waals surface area contributed by atoms with Crippen LogP contribution in [0.25, 0.3) is 0 Å². The zero-order valence-corrected chi connectivity index (χ0v) is 30.8. The molecule has 47 heavy (non-hydrogen) atoms. The number of aliphatic hydroxyl groups excluding tert-OH is 2. The van der Waals surface area contributed by atoms with E-state index in [9.17, 15) is 19.8 Å². The maximum absolute atomic E-state index is 14.3. The molecular formula is C41H69NO5. The van der Waals surface area contributed by atoms with Gasteiger partial charge in [-0.15, -0.1) is 0 Å². The van der Waals surface area contributed by atoms with Crippen LogP contribution in [0.15, 0.2) is 12.2 Å². The summed E-state index contributed by atoms with van der Waals surface area (Å²) in [5.74, 6) is 1.76. The summed E-state index contributed by atoms with van der Waals surface area (Å²) >= 11 is 0. The van der Waals surface area contributed by atoms with Gasteiger partial charge in [-0.2, -0.15) is 0 Å². The normalized spacial score (nSPS) is 43.6. The Hall–Kier alpha value is -1.40. The van der Waals surface area contributed by atoms with E-state index in [1.807, 2.05) is 0 Å². The second-order valence-electron chi connectivity index (χ2n) is 18.6. The lowest BCUT2D eigenvalue weighted by Crippen LogP contribution is -2.68. The van der Waals surface area contributed by atoms with Crippen LogP contribution in [0.3, 0.4) is 0 Å². The van der Waals surface area contributed by atoms with Gasteiger partial charge in [-0.1, -0.05) is 85.3 Å². The number of hydrogen-bond donors (Lipinski definition) is 4. The third-order valence-corrected chi connectivity index (χ3v) is 16.1. The topological polar surface area (TPSA) is 107 Å². The average molecular weight is 656 g/mol. The Morgan fingerprint density at radius 3 is 2.04 bits per heavy atom. The summed E-state index contributed by atoms with van der Waals surface area (Å²) in [5, 5.41) is 34.5. The Kier molecular flexibility index (Phi) is 10.8. The first-order chi connectivity index (χ1) is 22.1. The molecule has 0 saturated heterocycles. The molecule has 5 aliphatic rings. The first-order valence-corrected chi connectivity index (χ1v) is 19.6. The largest absolute Gasteiger partial charge is 0.481 e. The van der Waals surface area contributed by atoms with Crippen molar-refractivity contribution in [3.05, 3.63) is 12.2 Å². The molecule has 0 aromatic rings. The molecule has 5 rings (SSSR count). The van der Waals surface area contributed by atoms with Gasteiger partial charge in [0.25, 0.3) is 0 Å². The van der Waals surface area contributed by atoms with E-state index in [2.05, 4.69) is 53.4 Å². The first kappa shape index (κ1) is 36.9. The molecule has 6 heteroatoms. The van der Waals surface area contributed by atoms with E-state index in [0.717, 1.165) is 83.6 Å². The molecule has 0 radical (unpaired) electrons. The van der Waals surface area contributed by atoms with Crippen LogP contribution in [0.5, 0.6) is 0 Å². The van der Waals surface area contributed by atoms with Crippen molar-refractivity contribution < 1.29 is 24.9 Å². The molecule has 0 aromatic carbocycles. The number of carboxylic acids is 1. The Labute approximate surface area is 286 Å². The second kappa shape index (κ2) is 13.7. The quantitative estimate of drug-likeness (QED) is 0.117. The number of nitrogens with one attached hydrogen (secondary N) is 1. The summed E-state index contributed by atoms with van der Waals surface area (Å²) < 4.78 is 0. The minimum Gasteiger partial charge on any atom is -0.481 e. The van der Waals surface area contributed by atoms with E-state index in [0.29, 0.717) is 41.9 Å². The molecule has 2 unspecified atom stereocenters. The Bertz CT molecular complexity index is 1170. The summed E-state index contributed by atoms with van der Waals surface area (Å²) in [6.07, 6.45) is 16.9. The Morgan fingerprint density at radius 2 is 1.40 bits per heavy atom. The van der Waals surface area contributed by atoms with Crippen molar-refractivity contribution in [1.82, 2.24) is 5.32 Å². The molecule has 0 bridgehead atoms. The van der Waals surface area contributed by atoms with Crippen molar-refractivity contribution in [3.63, 3.8) is 0 Å². The highest BCUT2D eigenvalue weighted by Crippen LogP contribution is 2.77. The maximum atomic E-state index is 14.3. The van der Waals surface area contributed by atoms with E-state index >= 15 is 0 Å². The number of allylic oxidation sites excluding steroid dienone is 1. The number of amides is 1. The minimum absolute atomic E-state index is 0.00118. The van der Waals surface area contributed by atoms with Gasteiger partial charge in [0.05, 0.1) is 17.6 Å². The third-order valence-electron chi connectivity index (χ3n) is 16.1. The van der Waals surface area contributed by atoms with Crippen LogP contribution in [-0.2, 0) is 9.59 Å². The number of aliphatic hydroxyl groups is 2. The predicted octanol–water partition coefficient (Wildman–Crippen LogP) is 8.69. The van der Waals surface area contributed by atoms with Gasteiger partial charge in [-0.25, -0.2) is 0 Å². The lowest BCUT2D eigenvalue weighted by molar-refractivity contribution is -0.262. The number of unbranched alkanes of at least 4 members (excludes halogenated alkanes) is 7. The molecule has 1 amide bonds. The standard InChI is InChI=1S/C41H69NO5/c1-27(2)28-19-22-41(36(47)42-25-15-13-11-9-8-10-12-14-16-33(44)45)24-23-39(6)29(34(28)41)17-18-32-38(5)26-30(43)35(46)37(3,4)31(38)20-21-40(32,39)7/h28-32,34-35,43,46H,1,8-26H2,2-7H3,(H,42,47)(H,44,45)/t28-,29+,30?,31-,32+,34+,35?,38-,39+,40+,41-/m0/s1. The van der Waals surface area contributed by atoms with E-state index in [4.69, 9.17) is 5.11 Å². The van der Waals surface area contributed by atoms with Gasteiger partial charge < -0.3 is 20.6 Å². The van der Waals surface area contributed by atoms with Gasteiger partial charge in [-0.3, -0.25) is 9.59 Å². The predicted molar refractivity (Wildman–Crippen MR) is 189 cm³/mol. The van der Waals surface area contributed by atoms with Gasteiger partial charge in [0, 0.05) is 13.0 Å². The van der Waals surface area contributed by atoms with Gasteiger partial charge in [-0.05, 0) is 129 Å². The summed E-state index contributed by atoms with van der Waals surface area (Å²) in [5.41, 5.74) is 0.937. The number of carboxylic acid groups (broad SMARTS) is 1. The van der Waals surface area contributed by atoms with E-state index in [1.165, 1.54) is 31.3 Å². The summed E-state index contributed by atoms with van der Waals surface area (Å²) in [6, 6.07) is 0. The number of carbonyl (C=O) groups excluding carboxylic acids is 1. The van der Waals surface area contributed by atoms with Gasteiger partial charge in [0.2, 0.25) is 5.91 Å². The number of hydrogen-bond acceptors (Lipinski definition) is 4. The number of aliphatic carboxylic acids is 1. The van der Waals surface area contributed by atoms with Crippen molar-refractivity contribution in [2.24, 2.45) is 56.7 Å². The molecule has 0 spiro atoms. The Balaban J connectivity index is 1.25. The van der Waals surface area contributed by atoms with Crippen LogP contribution in [0.2, 0.25) is 0 Å². The molecule has 6 nitrogen and oxygen atoms in total. The molecule has 4 N–H and O–H groups in total.